The van der Waals surface area contributed by atoms with Gasteiger partial charge < -0.3 is 19.5 Å². The predicted molar refractivity (Wildman–Crippen MR) is 106 cm³/mol. The molecule has 0 spiro atoms. The quantitative estimate of drug-likeness (QED) is 0.667. The molecule has 1 saturated heterocycles. The highest BCUT2D eigenvalue weighted by atomic mass is 32.1. The molecule has 28 heavy (non-hydrogen) atoms. The first-order valence-corrected chi connectivity index (χ1v) is 10.2. The van der Waals surface area contributed by atoms with Crippen LogP contribution in [-0.4, -0.2) is 57.7 Å². The number of ether oxygens (including phenoxy) is 1. The monoisotopic (exact) mass is 399 g/mol. The van der Waals surface area contributed by atoms with Gasteiger partial charge in [0.05, 0.1) is 12.6 Å². The summed E-state index contributed by atoms with van der Waals surface area (Å²) < 4.78 is 6.98. The molecular formula is C19H21N5O3S. The Hall–Kier alpha value is -2.94. The first-order chi connectivity index (χ1) is 13.7. The molecule has 3 aromatic heterocycles. The zero-order chi connectivity index (χ0) is 19.5. The van der Waals surface area contributed by atoms with E-state index in [-0.39, 0.29) is 18.6 Å². The molecule has 1 fully saturated rings. The Morgan fingerprint density at radius 3 is 3.07 bits per heavy atom. The van der Waals surface area contributed by atoms with Crippen molar-refractivity contribution in [2.75, 3.05) is 26.2 Å². The molecule has 4 heterocycles. The van der Waals surface area contributed by atoms with Gasteiger partial charge in [0.2, 0.25) is 0 Å². The smallest absolute Gasteiger partial charge is 0.325 e. The number of carbonyl (C=O) groups excluding carboxylic acids is 2. The van der Waals surface area contributed by atoms with Crippen LogP contribution in [0, 0.1) is 0 Å². The average Bonchev–Trinajstić information content (AvgIpc) is 3.44. The minimum absolute atomic E-state index is 0.0724. The van der Waals surface area contributed by atoms with Crippen LogP contribution in [0.15, 0.2) is 35.2 Å². The highest BCUT2D eigenvalue weighted by Crippen LogP contribution is 2.32. The number of aromatic nitrogens is 3. The average molecular weight is 399 g/mol. The summed E-state index contributed by atoms with van der Waals surface area (Å²) in [6.07, 6.45) is 2.56. The van der Waals surface area contributed by atoms with Crippen molar-refractivity contribution >= 4 is 34.5 Å². The normalized spacial score (nSPS) is 16.5. The van der Waals surface area contributed by atoms with Crippen LogP contribution in [0.2, 0.25) is 0 Å². The lowest BCUT2D eigenvalue weighted by Crippen LogP contribution is -2.41. The third kappa shape index (κ3) is 3.57. The van der Waals surface area contributed by atoms with E-state index in [4.69, 9.17) is 9.72 Å². The third-order valence-electron chi connectivity index (χ3n) is 4.73. The van der Waals surface area contributed by atoms with Crippen LogP contribution in [0.3, 0.4) is 0 Å². The molecule has 1 aliphatic rings. The molecule has 1 atom stereocenters. The van der Waals surface area contributed by atoms with E-state index < -0.39 is 5.97 Å². The molecule has 146 valence electrons. The molecule has 0 saturated carbocycles. The van der Waals surface area contributed by atoms with Gasteiger partial charge in [0.1, 0.15) is 17.9 Å². The SMILES string of the molecule is CCOC(=O)CNC(=O)N1CC[C@@H](n2c(-c3ccsc3)nc3cccnc32)C1. The van der Waals surface area contributed by atoms with Crippen molar-refractivity contribution in [1.82, 2.24) is 24.8 Å². The summed E-state index contributed by atoms with van der Waals surface area (Å²) in [5, 5.41) is 6.72. The minimum Gasteiger partial charge on any atom is -0.465 e. The van der Waals surface area contributed by atoms with Gasteiger partial charge >= 0.3 is 12.0 Å². The number of rotatable bonds is 5. The number of likely N-dealkylation sites (tertiary alicyclic amines) is 1. The molecule has 4 rings (SSSR count). The number of amides is 2. The van der Waals surface area contributed by atoms with Gasteiger partial charge in [0, 0.05) is 30.2 Å². The van der Waals surface area contributed by atoms with E-state index >= 15 is 0 Å². The van der Waals surface area contributed by atoms with E-state index in [2.05, 4.69) is 20.2 Å². The second kappa shape index (κ2) is 7.97. The number of imidazole rings is 1. The lowest BCUT2D eigenvalue weighted by Gasteiger charge is -2.19. The predicted octanol–water partition coefficient (Wildman–Crippen LogP) is 2.68. The van der Waals surface area contributed by atoms with Crippen molar-refractivity contribution < 1.29 is 14.3 Å². The zero-order valence-electron chi connectivity index (χ0n) is 15.5. The number of urea groups is 1. The van der Waals surface area contributed by atoms with Gasteiger partial charge in [0.15, 0.2) is 5.65 Å². The van der Waals surface area contributed by atoms with Gasteiger partial charge in [-0.3, -0.25) is 4.79 Å². The van der Waals surface area contributed by atoms with Crippen molar-refractivity contribution in [2.45, 2.75) is 19.4 Å². The van der Waals surface area contributed by atoms with E-state index in [0.717, 1.165) is 29.0 Å². The molecule has 0 aliphatic carbocycles. The Morgan fingerprint density at radius 2 is 2.29 bits per heavy atom. The number of pyridine rings is 1. The number of hydrogen-bond acceptors (Lipinski definition) is 6. The van der Waals surface area contributed by atoms with Crippen molar-refractivity contribution in [2.24, 2.45) is 0 Å². The number of fused-ring (bicyclic) bond motifs is 1. The first-order valence-electron chi connectivity index (χ1n) is 9.21. The molecule has 2 amide bonds. The van der Waals surface area contributed by atoms with Gasteiger partial charge in [-0.05, 0) is 36.9 Å². The highest BCUT2D eigenvalue weighted by molar-refractivity contribution is 7.08. The van der Waals surface area contributed by atoms with Gasteiger partial charge in [-0.2, -0.15) is 11.3 Å². The fourth-order valence-corrected chi connectivity index (χ4v) is 4.11. The van der Waals surface area contributed by atoms with Crippen LogP contribution in [0.4, 0.5) is 4.79 Å². The maximum Gasteiger partial charge on any atom is 0.325 e. The number of hydrogen-bond donors (Lipinski definition) is 1. The Kier molecular flexibility index (Phi) is 5.25. The third-order valence-corrected chi connectivity index (χ3v) is 5.42. The van der Waals surface area contributed by atoms with Crippen LogP contribution in [0.25, 0.3) is 22.6 Å². The number of nitrogens with one attached hydrogen (secondary N) is 1. The Bertz CT molecular complexity index is 985. The topological polar surface area (TPSA) is 89.4 Å². The molecular weight excluding hydrogens is 378 g/mol. The molecule has 3 aromatic rings. The summed E-state index contributed by atoms with van der Waals surface area (Å²) in [6, 6.07) is 5.68. The van der Waals surface area contributed by atoms with Gasteiger partial charge in [-0.15, -0.1) is 0 Å². The van der Waals surface area contributed by atoms with Crippen molar-refractivity contribution in [3.63, 3.8) is 0 Å². The first kappa shape index (κ1) is 18.4. The van der Waals surface area contributed by atoms with Crippen LogP contribution in [0.5, 0.6) is 0 Å². The maximum atomic E-state index is 12.4. The van der Waals surface area contributed by atoms with Crippen LogP contribution in [-0.2, 0) is 9.53 Å². The molecule has 0 radical (unpaired) electrons. The number of esters is 1. The molecule has 1 aliphatic heterocycles. The molecule has 1 N–H and O–H groups in total. The van der Waals surface area contributed by atoms with E-state index in [9.17, 15) is 9.59 Å². The fraction of sp³-hybridized carbons (Fsp3) is 0.368. The van der Waals surface area contributed by atoms with E-state index in [1.54, 1.807) is 29.4 Å². The standard InChI is InChI=1S/C19H21N5O3S/c1-2-27-16(25)10-21-19(26)23-8-5-14(11-23)24-17(13-6-9-28-12-13)22-15-4-3-7-20-18(15)24/h3-4,6-7,9,12,14H,2,5,8,10-11H2,1H3,(H,21,26)/t14-/m1/s1. The summed E-state index contributed by atoms with van der Waals surface area (Å²) >= 11 is 1.62. The van der Waals surface area contributed by atoms with Gasteiger partial charge in [-0.25, -0.2) is 14.8 Å². The Morgan fingerprint density at radius 1 is 1.39 bits per heavy atom. The van der Waals surface area contributed by atoms with Crippen molar-refractivity contribution in [3.8, 4) is 11.4 Å². The van der Waals surface area contributed by atoms with E-state index in [1.165, 1.54) is 0 Å². The molecule has 0 aromatic carbocycles. The van der Waals surface area contributed by atoms with Gasteiger partial charge in [0.25, 0.3) is 0 Å². The molecule has 0 bridgehead atoms. The highest BCUT2D eigenvalue weighted by Gasteiger charge is 2.31. The molecule has 9 heteroatoms. The fourth-order valence-electron chi connectivity index (χ4n) is 3.48. The summed E-state index contributed by atoms with van der Waals surface area (Å²) in [5.41, 5.74) is 2.71. The van der Waals surface area contributed by atoms with Crippen molar-refractivity contribution in [1.29, 1.82) is 0 Å². The summed E-state index contributed by atoms with van der Waals surface area (Å²) in [5.74, 6) is 0.435. The number of nitrogens with zero attached hydrogens (tertiary/aromatic N) is 4. The van der Waals surface area contributed by atoms with Crippen LogP contribution >= 0.6 is 11.3 Å². The maximum absolute atomic E-state index is 12.4. The molecule has 0 unspecified atom stereocenters. The van der Waals surface area contributed by atoms with Gasteiger partial charge in [-0.1, -0.05) is 0 Å². The second-order valence-corrected chi connectivity index (χ2v) is 7.30. The Labute approximate surface area is 166 Å². The van der Waals surface area contributed by atoms with E-state index in [0.29, 0.717) is 19.7 Å². The number of thiophene rings is 1. The summed E-state index contributed by atoms with van der Waals surface area (Å²) in [7, 11) is 0. The summed E-state index contributed by atoms with van der Waals surface area (Å²) in [6.45, 7) is 3.05. The van der Waals surface area contributed by atoms with Crippen LogP contribution in [0.1, 0.15) is 19.4 Å². The largest absolute Gasteiger partial charge is 0.465 e. The second-order valence-electron chi connectivity index (χ2n) is 6.52. The Balaban J connectivity index is 1.54. The summed E-state index contributed by atoms with van der Waals surface area (Å²) in [4.78, 5) is 34.9. The lowest BCUT2D eigenvalue weighted by atomic mass is 10.2. The van der Waals surface area contributed by atoms with E-state index in [1.807, 2.05) is 23.6 Å². The molecule has 8 nitrogen and oxygen atoms in total. The number of carbonyl (C=O) groups is 2. The zero-order valence-corrected chi connectivity index (χ0v) is 16.3. The van der Waals surface area contributed by atoms with Crippen LogP contribution < -0.4 is 5.32 Å². The van der Waals surface area contributed by atoms with Crippen molar-refractivity contribution in [3.05, 3.63) is 35.2 Å². The lowest BCUT2D eigenvalue weighted by molar-refractivity contribution is -0.141. The minimum atomic E-state index is -0.434.